The van der Waals surface area contributed by atoms with Gasteiger partial charge in [0, 0.05) is 11.1 Å². The largest absolute Gasteiger partial charge is 0.203 e. The molecule has 0 saturated heterocycles. The molecule has 26 heavy (non-hydrogen) atoms. The van der Waals surface area contributed by atoms with E-state index in [4.69, 9.17) is 0 Å². The van der Waals surface area contributed by atoms with Gasteiger partial charge in [-0.2, -0.15) is 0 Å². The summed E-state index contributed by atoms with van der Waals surface area (Å²) >= 11 is 8.95. The minimum Gasteiger partial charge on any atom is -0.203 e. The second kappa shape index (κ2) is 7.22. The van der Waals surface area contributed by atoms with Crippen LogP contribution in [0.2, 0.25) is 0 Å². The van der Waals surface area contributed by atoms with Gasteiger partial charge in [0.2, 0.25) is 11.6 Å². The van der Waals surface area contributed by atoms with Gasteiger partial charge in [0.25, 0.3) is 0 Å². The van der Waals surface area contributed by atoms with E-state index in [2.05, 4.69) is 25.3 Å². The molecule has 2 atom stereocenters. The lowest BCUT2D eigenvalue weighted by molar-refractivity contribution is 0.362. The van der Waals surface area contributed by atoms with E-state index in [1.807, 2.05) is 0 Å². The summed E-state index contributed by atoms with van der Waals surface area (Å²) in [5.74, 6) is -24.4. The van der Waals surface area contributed by atoms with Gasteiger partial charge in [0.1, 0.15) is 0 Å². The van der Waals surface area contributed by atoms with E-state index >= 15 is 0 Å². The lowest BCUT2D eigenvalue weighted by Gasteiger charge is -2.21. The Bertz CT molecular complexity index is 767. The van der Waals surface area contributed by atoms with Crippen molar-refractivity contribution in [3.63, 3.8) is 0 Å². The molecule has 0 aliphatic heterocycles. The van der Waals surface area contributed by atoms with Gasteiger partial charge in [-0.25, -0.2) is 43.9 Å². The Morgan fingerprint density at radius 1 is 0.346 bits per heavy atom. The van der Waals surface area contributed by atoms with Crippen LogP contribution in [0.4, 0.5) is 43.9 Å². The van der Waals surface area contributed by atoms with Crippen LogP contribution in [0.15, 0.2) is 0 Å². The second-order valence-electron chi connectivity index (χ2n) is 4.81. The van der Waals surface area contributed by atoms with Crippen LogP contribution >= 0.6 is 25.3 Å². The van der Waals surface area contributed by atoms with E-state index < -0.39 is 79.8 Å². The Kier molecular flexibility index (Phi) is 5.76. The van der Waals surface area contributed by atoms with Crippen LogP contribution in [0.25, 0.3) is 0 Å². The normalized spacial score (nSPS) is 13.8. The van der Waals surface area contributed by atoms with Crippen molar-refractivity contribution >= 4 is 25.3 Å². The molecule has 0 saturated carbocycles. The zero-order valence-electron chi connectivity index (χ0n) is 11.8. The smallest absolute Gasteiger partial charge is 0.200 e. The third-order valence-electron chi connectivity index (χ3n) is 3.33. The van der Waals surface area contributed by atoms with E-state index in [-0.39, 0.29) is 0 Å². The van der Waals surface area contributed by atoms with E-state index in [0.29, 0.717) is 0 Å². The van der Waals surface area contributed by atoms with E-state index in [1.54, 1.807) is 0 Å². The van der Waals surface area contributed by atoms with E-state index in [9.17, 15) is 43.9 Å². The van der Waals surface area contributed by atoms with Crippen molar-refractivity contribution in [3.05, 3.63) is 69.3 Å². The molecule has 2 aromatic rings. The van der Waals surface area contributed by atoms with Crippen molar-refractivity contribution in [1.82, 2.24) is 0 Å². The molecule has 0 aliphatic carbocycles. The van der Waals surface area contributed by atoms with Crippen LogP contribution in [0.3, 0.4) is 0 Å². The average molecular weight is 424 g/mol. The molecule has 0 nitrogen and oxygen atoms in total. The van der Waals surface area contributed by atoms with Gasteiger partial charge in [-0.3, -0.25) is 0 Å². The van der Waals surface area contributed by atoms with Crippen molar-refractivity contribution in [1.29, 1.82) is 0 Å². The molecule has 2 rings (SSSR count). The maximum absolute atomic E-state index is 13.7. The highest BCUT2D eigenvalue weighted by Gasteiger charge is 2.37. The molecular formula is C14H2F10S2. The summed E-state index contributed by atoms with van der Waals surface area (Å²) in [4.78, 5) is 0. The number of hydrogen-bond donors (Lipinski definition) is 0. The molecule has 0 heterocycles. The molecule has 0 bridgehead atoms. The molecule has 0 fully saturated rings. The van der Waals surface area contributed by atoms with Crippen LogP contribution in [0.1, 0.15) is 21.6 Å². The summed E-state index contributed by atoms with van der Waals surface area (Å²) in [6.45, 7) is 0. The highest BCUT2D eigenvalue weighted by atomic mass is 32.1. The quantitative estimate of drug-likeness (QED) is 0.310. The molecule has 140 valence electrons. The Balaban J connectivity index is 2.69. The highest BCUT2D eigenvalue weighted by Crippen LogP contribution is 2.44. The zero-order chi connectivity index (χ0) is 20.1. The minimum atomic E-state index is -2.52. The number of benzene rings is 2. The SMILES string of the molecule is Fc1c(F)c(F)c(C([S])C([S])c2c(F)c(F)c(F)c(F)c2F)c(F)c1F. The van der Waals surface area contributed by atoms with Gasteiger partial charge in [0.15, 0.2) is 46.5 Å². The molecule has 12 heteroatoms. The first kappa shape index (κ1) is 20.7. The van der Waals surface area contributed by atoms with Gasteiger partial charge in [0.05, 0.1) is 10.5 Å². The van der Waals surface area contributed by atoms with E-state index in [0.717, 1.165) is 0 Å². The van der Waals surface area contributed by atoms with Crippen molar-refractivity contribution in [2.75, 3.05) is 0 Å². The van der Waals surface area contributed by atoms with Gasteiger partial charge in [-0.05, 0) is 0 Å². The molecule has 2 radical (unpaired) electrons. The highest BCUT2D eigenvalue weighted by molar-refractivity contribution is 7.84. The Morgan fingerprint density at radius 2 is 0.500 bits per heavy atom. The standard InChI is InChI=1S/C14H2F10S2/c15-3-1(4(16)8(20)11(23)7(3)19)13(25)14(26)2-5(17)9(21)12(24)10(22)6(2)18/h13-14H. The summed E-state index contributed by atoms with van der Waals surface area (Å²) in [6.07, 6.45) is 0. The van der Waals surface area contributed by atoms with Gasteiger partial charge < -0.3 is 0 Å². The summed E-state index contributed by atoms with van der Waals surface area (Å²) in [7, 11) is 0. The third-order valence-corrected chi connectivity index (χ3v) is 4.52. The topological polar surface area (TPSA) is 0 Å². The monoisotopic (exact) mass is 424 g/mol. The molecule has 0 aromatic heterocycles. The first-order valence-electron chi connectivity index (χ1n) is 6.27. The molecule has 2 unspecified atom stereocenters. The Hall–Kier alpha value is -1.56. The summed E-state index contributed by atoms with van der Waals surface area (Å²) in [6, 6.07) is 0. The van der Waals surface area contributed by atoms with Crippen LogP contribution < -0.4 is 0 Å². The van der Waals surface area contributed by atoms with Crippen molar-refractivity contribution in [3.8, 4) is 0 Å². The lowest BCUT2D eigenvalue weighted by Crippen LogP contribution is -2.15. The lowest BCUT2D eigenvalue weighted by atomic mass is 10.00. The maximum Gasteiger partial charge on any atom is 0.200 e. The fourth-order valence-electron chi connectivity index (χ4n) is 2.05. The van der Waals surface area contributed by atoms with Crippen LogP contribution in [-0.4, -0.2) is 0 Å². The first-order valence-corrected chi connectivity index (χ1v) is 7.21. The molecule has 0 amide bonds. The Morgan fingerprint density at radius 3 is 0.692 bits per heavy atom. The fraction of sp³-hybridized carbons (Fsp3) is 0.143. The number of halogens is 10. The predicted octanol–water partition coefficient (Wildman–Crippen LogP) is 6.26. The summed E-state index contributed by atoms with van der Waals surface area (Å²) < 4.78 is 134. The predicted molar refractivity (Wildman–Crippen MR) is 73.1 cm³/mol. The van der Waals surface area contributed by atoms with Crippen LogP contribution in [0, 0.1) is 58.2 Å². The second-order valence-corrected chi connectivity index (χ2v) is 5.82. The zero-order valence-corrected chi connectivity index (χ0v) is 13.4. The van der Waals surface area contributed by atoms with Crippen LogP contribution in [-0.2, 0) is 0 Å². The Labute approximate surface area is 149 Å². The van der Waals surface area contributed by atoms with Crippen LogP contribution in [0.5, 0.6) is 0 Å². The molecule has 2 aromatic carbocycles. The molecule has 0 N–H and O–H groups in total. The average Bonchev–Trinajstić information content (AvgIpc) is 2.61. The first-order chi connectivity index (χ1) is 11.9. The minimum absolute atomic E-state index is 1.72. The van der Waals surface area contributed by atoms with Gasteiger partial charge >= 0.3 is 0 Å². The third kappa shape index (κ3) is 3.02. The van der Waals surface area contributed by atoms with Crippen molar-refractivity contribution < 1.29 is 43.9 Å². The molecule has 0 aliphatic rings. The summed E-state index contributed by atoms with van der Waals surface area (Å²) in [5, 5.41) is -4.86. The number of hydrogen-bond acceptors (Lipinski definition) is 0. The van der Waals surface area contributed by atoms with Crippen molar-refractivity contribution in [2.45, 2.75) is 10.5 Å². The van der Waals surface area contributed by atoms with Gasteiger partial charge in [-0.1, -0.05) is 25.3 Å². The number of rotatable bonds is 3. The fourth-order valence-corrected chi connectivity index (χ4v) is 2.73. The maximum atomic E-state index is 13.7. The van der Waals surface area contributed by atoms with Crippen molar-refractivity contribution in [2.24, 2.45) is 0 Å². The molecule has 0 spiro atoms. The van der Waals surface area contributed by atoms with Gasteiger partial charge in [-0.15, -0.1) is 0 Å². The van der Waals surface area contributed by atoms with E-state index in [1.165, 1.54) is 0 Å². The summed E-state index contributed by atoms with van der Waals surface area (Å²) in [5.41, 5.74) is -3.44. The molecular weight excluding hydrogens is 422 g/mol.